The molecule has 3 N–H and O–H groups in total. The van der Waals surface area contributed by atoms with Gasteiger partial charge < -0.3 is 15.5 Å². The van der Waals surface area contributed by atoms with Crippen LogP contribution in [0, 0.1) is 34.5 Å². The topological polar surface area (TPSA) is 128 Å². The van der Waals surface area contributed by atoms with Gasteiger partial charge in [0.1, 0.15) is 18.0 Å². The Hall–Kier alpha value is -2.57. The van der Waals surface area contributed by atoms with Crippen molar-refractivity contribution in [2.75, 3.05) is 13.1 Å². The predicted molar refractivity (Wildman–Crippen MR) is 137 cm³/mol. The molecular formula is C26H37ClF3N5O5. The first kappa shape index (κ1) is 30.4. The number of alkyl halides is 4. The molecule has 0 aromatic rings. The average molecular weight is 592 g/mol. The van der Waals surface area contributed by atoms with Gasteiger partial charge >= 0.3 is 0 Å². The van der Waals surface area contributed by atoms with Crippen LogP contribution in [0.15, 0.2) is 0 Å². The zero-order valence-electron chi connectivity index (χ0n) is 23.4. The molecule has 0 bridgehead atoms. The van der Waals surface area contributed by atoms with Crippen molar-refractivity contribution >= 4 is 41.1 Å². The van der Waals surface area contributed by atoms with Gasteiger partial charge in [0.25, 0.3) is 23.4 Å². The van der Waals surface area contributed by atoms with E-state index in [0.717, 1.165) is 0 Å². The van der Waals surface area contributed by atoms with E-state index in [0.29, 0.717) is 11.4 Å². The second kappa shape index (κ2) is 10.1. The molecule has 0 unspecified atom stereocenters. The SMILES string of the molecule is C[C@H]1C[C@H](CN(NC(=O)[C@@H]2[C@@H]3[C@H](CN2C(=O)[C@@H](NC(=O)[C@@H]2CC2(F)F)C(C)(C)C)C3(C)C)C(=O)[C@H](F)Cl)C(=O)N1. The van der Waals surface area contributed by atoms with E-state index < -0.39 is 70.9 Å². The van der Waals surface area contributed by atoms with Crippen LogP contribution in [0.1, 0.15) is 54.4 Å². The molecule has 2 saturated carbocycles. The number of hydrazine groups is 1. The summed E-state index contributed by atoms with van der Waals surface area (Å²) in [5, 5.41) is 5.86. The van der Waals surface area contributed by atoms with Gasteiger partial charge in [0.15, 0.2) is 0 Å². The molecule has 8 atom stereocenters. The van der Waals surface area contributed by atoms with Crippen LogP contribution in [-0.4, -0.2) is 82.2 Å². The average Bonchev–Trinajstić information content (AvgIpc) is 3.42. The lowest BCUT2D eigenvalue weighted by Crippen LogP contribution is -2.61. The van der Waals surface area contributed by atoms with Crippen molar-refractivity contribution in [3.8, 4) is 0 Å². The van der Waals surface area contributed by atoms with E-state index in [1.54, 1.807) is 27.7 Å². The quantitative estimate of drug-likeness (QED) is 0.306. The van der Waals surface area contributed by atoms with E-state index in [9.17, 15) is 37.1 Å². The van der Waals surface area contributed by atoms with E-state index in [2.05, 4.69) is 16.1 Å². The Balaban J connectivity index is 1.56. The number of carbonyl (C=O) groups excluding carboxylic acids is 5. The first-order valence-electron chi connectivity index (χ1n) is 13.5. The fourth-order valence-electron chi connectivity index (χ4n) is 6.21. The van der Waals surface area contributed by atoms with Crippen molar-refractivity contribution in [3.05, 3.63) is 0 Å². The number of fused-ring (bicyclic) bond motifs is 1. The number of likely N-dealkylation sites (tertiary alicyclic amines) is 1. The van der Waals surface area contributed by atoms with Crippen molar-refractivity contribution < 1.29 is 37.1 Å². The predicted octanol–water partition coefficient (Wildman–Crippen LogP) is 1.57. The van der Waals surface area contributed by atoms with E-state index >= 15 is 0 Å². The Kier molecular flexibility index (Phi) is 7.64. The van der Waals surface area contributed by atoms with Crippen LogP contribution in [0.3, 0.4) is 0 Å². The first-order valence-corrected chi connectivity index (χ1v) is 13.9. The number of piperidine rings is 1. The minimum absolute atomic E-state index is 0.0659. The number of hydrogen-bond donors (Lipinski definition) is 3. The molecular weight excluding hydrogens is 555 g/mol. The summed E-state index contributed by atoms with van der Waals surface area (Å²) in [7, 11) is 0. The van der Waals surface area contributed by atoms with Gasteiger partial charge in [-0.15, -0.1) is 0 Å². The Bertz CT molecular complexity index is 1110. The van der Waals surface area contributed by atoms with Gasteiger partial charge in [-0.05, 0) is 36.0 Å². The second-order valence-electron chi connectivity index (χ2n) is 13.3. The summed E-state index contributed by atoms with van der Waals surface area (Å²) in [5.74, 6) is -9.61. The third kappa shape index (κ3) is 5.62. The molecule has 224 valence electrons. The third-order valence-corrected chi connectivity index (χ3v) is 8.99. The van der Waals surface area contributed by atoms with Crippen molar-refractivity contribution in [1.82, 2.24) is 26.0 Å². The summed E-state index contributed by atoms with van der Waals surface area (Å²) in [6.07, 6.45) is -0.231. The maximum absolute atomic E-state index is 13.9. The lowest BCUT2D eigenvalue weighted by atomic mass is 9.85. The Morgan fingerprint density at radius 3 is 2.27 bits per heavy atom. The number of halogens is 4. The number of nitrogens with zero attached hydrogens (tertiary/aromatic N) is 2. The smallest absolute Gasteiger partial charge is 0.291 e. The summed E-state index contributed by atoms with van der Waals surface area (Å²) in [4.78, 5) is 66.2. The normalized spacial score (nSPS) is 32.9. The van der Waals surface area contributed by atoms with Crippen LogP contribution in [0.4, 0.5) is 13.2 Å². The van der Waals surface area contributed by atoms with E-state index in [-0.39, 0.29) is 42.3 Å². The minimum atomic E-state index is -3.11. The van der Waals surface area contributed by atoms with Crippen LogP contribution >= 0.6 is 11.6 Å². The number of hydrogen-bond acceptors (Lipinski definition) is 5. The molecule has 4 aliphatic rings. The first-order chi connectivity index (χ1) is 18.3. The molecule has 14 heteroatoms. The lowest BCUT2D eigenvalue weighted by Gasteiger charge is -2.38. The summed E-state index contributed by atoms with van der Waals surface area (Å²) in [5.41, 5.74) is -1.28. The van der Waals surface area contributed by atoms with Gasteiger partial charge in [0.05, 0.1) is 12.5 Å². The largest absolute Gasteiger partial charge is 0.353 e. The Labute approximate surface area is 236 Å². The number of amides is 5. The van der Waals surface area contributed by atoms with Crippen LogP contribution in [0.25, 0.3) is 0 Å². The molecule has 2 heterocycles. The summed E-state index contributed by atoms with van der Waals surface area (Å²) < 4.78 is 41.0. The molecule has 2 aliphatic heterocycles. The van der Waals surface area contributed by atoms with E-state index in [1.807, 2.05) is 13.8 Å². The number of carbonyl (C=O) groups is 5. The highest BCUT2D eigenvalue weighted by Gasteiger charge is 2.70. The summed E-state index contributed by atoms with van der Waals surface area (Å²) >= 11 is 5.40. The fraction of sp³-hybridized carbons (Fsp3) is 0.808. The lowest BCUT2D eigenvalue weighted by molar-refractivity contribution is -0.151. The highest BCUT2D eigenvalue weighted by atomic mass is 35.5. The molecule has 4 fully saturated rings. The van der Waals surface area contributed by atoms with Gasteiger partial charge in [-0.3, -0.25) is 29.4 Å². The van der Waals surface area contributed by atoms with Crippen LogP contribution < -0.4 is 16.1 Å². The molecule has 2 aliphatic carbocycles. The monoisotopic (exact) mass is 591 g/mol. The van der Waals surface area contributed by atoms with Gasteiger partial charge in [-0.2, -0.15) is 0 Å². The Morgan fingerprint density at radius 1 is 1.20 bits per heavy atom. The third-order valence-electron chi connectivity index (χ3n) is 8.80. The highest BCUT2D eigenvalue weighted by molar-refractivity contribution is 6.29. The molecule has 10 nitrogen and oxygen atoms in total. The van der Waals surface area contributed by atoms with Crippen molar-refractivity contribution in [2.24, 2.45) is 34.5 Å². The van der Waals surface area contributed by atoms with Gasteiger partial charge in [-0.1, -0.05) is 46.2 Å². The zero-order chi connectivity index (χ0) is 30.1. The Morgan fingerprint density at radius 2 is 1.80 bits per heavy atom. The molecule has 5 amide bonds. The van der Waals surface area contributed by atoms with Gasteiger partial charge in [-0.25, -0.2) is 18.2 Å². The molecule has 0 aromatic heterocycles. The molecule has 4 rings (SSSR count). The second-order valence-corrected chi connectivity index (χ2v) is 13.7. The molecule has 0 radical (unpaired) electrons. The highest BCUT2D eigenvalue weighted by Crippen LogP contribution is 2.65. The fourth-order valence-corrected chi connectivity index (χ4v) is 6.33. The minimum Gasteiger partial charge on any atom is -0.353 e. The molecule has 40 heavy (non-hydrogen) atoms. The summed E-state index contributed by atoms with van der Waals surface area (Å²) in [6, 6.07) is -2.46. The van der Waals surface area contributed by atoms with E-state index in [4.69, 9.17) is 11.6 Å². The maximum atomic E-state index is 13.9. The number of rotatable bonds is 7. The number of nitrogens with one attached hydrogen (secondary N) is 3. The van der Waals surface area contributed by atoms with Crippen molar-refractivity contribution in [2.45, 2.75) is 84.1 Å². The van der Waals surface area contributed by atoms with Crippen LogP contribution in [-0.2, 0) is 24.0 Å². The zero-order valence-corrected chi connectivity index (χ0v) is 24.2. The van der Waals surface area contributed by atoms with Crippen molar-refractivity contribution in [1.29, 1.82) is 0 Å². The molecule has 0 spiro atoms. The van der Waals surface area contributed by atoms with E-state index in [1.165, 1.54) is 4.90 Å². The van der Waals surface area contributed by atoms with Crippen molar-refractivity contribution in [3.63, 3.8) is 0 Å². The van der Waals surface area contributed by atoms with Crippen LogP contribution in [0.5, 0.6) is 0 Å². The van der Waals surface area contributed by atoms with Crippen LogP contribution in [0.2, 0.25) is 0 Å². The molecule has 0 aromatic carbocycles. The maximum Gasteiger partial charge on any atom is 0.291 e. The summed E-state index contributed by atoms with van der Waals surface area (Å²) in [6.45, 7) is 10.5. The van der Waals surface area contributed by atoms with Gasteiger partial charge in [0, 0.05) is 19.0 Å². The van der Waals surface area contributed by atoms with Gasteiger partial charge in [0.2, 0.25) is 17.7 Å². The molecule has 2 saturated heterocycles. The standard InChI is InChI=1S/C26H37ClF3N5O5/c1-11-7-12(19(36)31-11)9-35(23(40)18(27)28)33-21(38)16-15-14(25(15,5)6)10-34(16)22(39)17(24(2,3)4)32-20(37)13-8-26(13,29)30/h11-18H,7-10H2,1-6H3,(H,31,36)(H,32,37)(H,33,38)/t11-,12+,13-,14-,15-,16-,17+,18-/m0/s1.